The molecule has 10 nitrogen and oxygen atoms in total. The number of amides is 1. The second-order valence-electron chi connectivity index (χ2n) is 6.08. The Hall–Kier alpha value is -3.80. The number of carboxylic acid groups (broad SMARTS) is 1. The molecular weight excluding hydrogens is 399 g/mol. The zero-order chi connectivity index (χ0) is 20.7. The lowest BCUT2D eigenvalue weighted by molar-refractivity contribution is 0.203. The van der Waals surface area contributed by atoms with E-state index in [0.29, 0.717) is 21.6 Å². The molecule has 148 valence electrons. The van der Waals surface area contributed by atoms with Crippen molar-refractivity contribution in [1.82, 2.24) is 24.7 Å². The molecule has 0 aliphatic rings. The number of hydrogen-bond acceptors (Lipinski definition) is 8. The van der Waals surface area contributed by atoms with Gasteiger partial charge in [0.15, 0.2) is 23.1 Å². The number of aromatic nitrogens is 5. The van der Waals surface area contributed by atoms with Crippen LogP contribution in [0.3, 0.4) is 0 Å². The summed E-state index contributed by atoms with van der Waals surface area (Å²) < 4.78 is 15.4. The van der Waals surface area contributed by atoms with Crippen LogP contribution in [0.4, 0.5) is 26.5 Å². The number of halogens is 1. The second-order valence-corrected chi connectivity index (χ2v) is 7.08. The number of nitrogens with zero attached hydrogens (tertiary/aromatic N) is 6. The number of anilines is 3. The number of rotatable bonds is 4. The molecule has 0 fully saturated rings. The zero-order valence-corrected chi connectivity index (χ0v) is 15.9. The van der Waals surface area contributed by atoms with Crippen LogP contribution in [0.25, 0.3) is 22.6 Å². The predicted octanol–water partition coefficient (Wildman–Crippen LogP) is 2.42. The molecule has 0 radical (unpaired) electrons. The topological polar surface area (TPSA) is 149 Å². The Kier molecular flexibility index (Phi) is 4.47. The summed E-state index contributed by atoms with van der Waals surface area (Å²) in [6.07, 6.45) is 0.348. The van der Waals surface area contributed by atoms with E-state index in [4.69, 9.17) is 16.6 Å². The summed E-state index contributed by atoms with van der Waals surface area (Å²) in [6.45, 7) is 0.182. The van der Waals surface area contributed by atoms with E-state index in [1.165, 1.54) is 24.5 Å². The van der Waals surface area contributed by atoms with Crippen LogP contribution in [0.15, 0.2) is 29.8 Å². The minimum atomic E-state index is -1.25. The van der Waals surface area contributed by atoms with Gasteiger partial charge in [0.25, 0.3) is 0 Å². The van der Waals surface area contributed by atoms with Gasteiger partial charge in [-0.3, -0.25) is 4.90 Å². The summed E-state index contributed by atoms with van der Waals surface area (Å²) in [7, 11) is 1.29. The Balaban J connectivity index is 1.85. The fourth-order valence-corrected chi connectivity index (χ4v) is 3.62. The quantitative estimate of drug-likeness (QED) is 0.461. The van der Waals surface area contributed by atoms with E-state index in [0.717, 1.165) is 4.90 Å². The van der Waals surface area contributed by atoms with E-state index in [1.807, 2.05) is 0 Å². The first-order valence-electron chi connectivity index (χ1n) is 8.30. The smallest absolute Gasteiger partial charge is 0.411 e. The fourth-order valence-electron chi connectivity index (χ4n) is 2.89. The third-order valence-electron chi connectivity index (χ3n) is 4.26. The Bertz CT molecular complexity index is 1210. The third kappa shape index (κ3) is 3.18. The normalized spacial score (nSPS) is 11.1. The average Bonchev–Trinajstić information content (AvgIpc) is 3.25. The van der Waals surface area contributed by atoms with Crippen LogP contribution in [0.5, 0.6) is 0 Å². The minimum Gasteiger partial charge on any atom is -0.465 e. The molecule has 0 aromatic carbocycles. The first kappa shape index (κ1) is 18.6. The van der Waals surface area contributed by atoms with Crippen molar-refractivity contribution in [3.05, 3.63) is 40.5 Å². The molecule has 0 aliphatic heterocycles. The van der Waals surface area contributed by atoms with Gasteiger partial charge in [0.2, 0.25) is 0 Å². The third-order valence-corrected chi connectivity index (χ3v) is 5.14. The van der Waals surface area contributed by atoms with Crippen molar-refractivity contribution in [3.8, 4) is 11.5 Å². The van der Waals surface area contributed by atoms with Gasteiger partial charge in [0.1, 0.15) is 17.2 Å². The van der Waals surface area contributed by atoms with E-state index in [-0.39, 0.29) is 35.5 Å². The summed E-state index contributed by atoms with van der Waals surface area (Å²) in [5, 5.41) is 15.9. The molecule has 4 heterocycles. The standard InChI is InChI=1S/C17H15FN8O2S/c1-25(17(27)28)12-13(19)22-15(23-14(12)20)11-8-3-2-5-21-16(8)26(24-11)7-10-9(18)4-6-29-10/h2-6H,7H2,1H3,(H,27,28)(H4,19,20,22,23). The number of nitrogen functional groups attached to an aromatic ring is 2. The molecule has 0 saturated heterocycles. The molecule has 4 aromatic heterocycles. The van der Waals surface area contributed by atoms with Crippen LogP contribution in [-0.2, 0) is 6.54 Å². The first-order valence-corrected chi connectivity index (χ1v) is 9.18. The van der Waals surface area contributed by atoms with Crippen LogP contribution in [0, 0.1) is 5.82 Å². The van der Waals surface area contributed by atoms with Crippen LogP contribution in [0.1, 0.15) is 4.88 Å². The van der Waals surface area contributed by atoms with Crippen molar-refractivity contribution < 1.29 is 14.3 Å². The van der Waals surface area contributed by atoms with Crippen LogP contribution in [-0.4, -0.2) is 43.0 Å². The lowest BCUT2D eigenvalue weighted by atomic mass is 10.2. The van der Waals surface area contributed by atoms with Crippen molar-refractivity contribution >= 4 is 45.8 Å². The Morgan fingerprint density at radius 1 is 1.31 bits per heavy atom. The summed E-state index contributed by atoms with van der Waals surface area (Å²) in [4.78, 5) is 25.3. The number of carbonyl (C=O) groups is 1. The molecule has 4 rings (SSSR count). The lowest BCUT2D eigenvalue weighted by Crippen LogP contribution is -2.26. The maximum Gasteiger partial charge on any atom is 0.411 e. The van der Waals surface area contributed by atoms with Gasteiger partial charge in [-0.1, -0.05) is 0 Å². The van der Waals surface area contributed by atoms with Crippen molar-refractivity contribution in [3.63, 3.8) is 0 Å². The SMILES string of the molecule is CN(C(=O)O)c1c(N)nc(-c2nn(Cc3sccc3F)c3ncccc23)nc1N. The van der Waals surface area contributed by atoms with Gasteiger partial charge < -0.3 is 16.6 Å². The number of fused-ring (bicyclic) bond motifs is 1. The maximum atomic E-state index is 13.9. The van der Waals surface area contributed by atoms with Gasteiger partial charge in [-0.05, 0) is 23.6 Å². The molecule has 29 heavy (non-hydrogen) atoms. The highest BCUT2D eigenvalue weighted by Crippen LogP contribution is 2.32. The van der Waals surface area contributed by atoms with Crippen molar-refractivity contribution in [2.75, 3.05) is 23.4 Å². The molecule has 0 unspecified atom stereocenters. The molecule has 0 spiro atoms. The average molecular weight is 414 g/mol. The number of thiophene rings is 1. The number of pyridine rings is 1. The largest absolute Gasteiger partial charge is 0.465 e. The summed E-state index contributed by atoms with van der Waals surface area (Å²) >= 11 is 1.27. The summed E-state index contributed by atoms with van der Waals surface area (Å²) in [6, 6.07) is 4.89. The first-order chi connectivity index (χ1) is 13.9. The van der Waals surface area contributed by atoms with Crippen LogP contribution in [0.2, 0.25) is 0 Å². The Morgan fingerprint density at radius 2 is 2.03 bits per heavy atom. The summed E-state index contributed by atoms with van der Waals surface area (Å²) in [5.74, 6) is -0.408. The highest BCUT2D eigenvalue weighted by atomic mass is 32.1. The predicted molar refractivity (Wildman–Crippen MR) is 107 cm³/mol. The van der Waals surface area contributed by atoms with E-state index in [2.05, 4.69) is 20.1 Å². The number of nitrogens with two attached hydrogens (primary N) is 2. The lowest BCUT2D eigenvalue weighted by Gasteiger charge is -2.16. The summed E-state index contributed by atoms with van der Waals surface area (Å²) in [5.41, 5.74) is 12.7. The van der Waals surface area contributed by atoms with Crippen LogP contribution >= 0.6 is 11.3 Å². The fraction of sp³-hybridized carbons (Fsp3) is 0.118. The Labute approximate surface area is 167 Å². The molecule has 0 aliphatic carbocycles. The van der Waals surface area contributed by atoms with Crippen LogP contribution < -0.4 is 16.4 Å². The molecular formula is C17H15FN8O2S. The van der Waals surface area contributed by atoms with Gasteiger partial charge in [0, 0.05) is 13.2 Å². The van der Waals surface area contributed by atoms with E-state index >= 15 is 0 Å². The molecule has 1 amide bonds. The van der Waals surface area contributed by atoms with E-state index in [1.54, 1.807) is 28.4 Å². The molecule has 0 bridgehead atoms. The second kappa shape index (κ2) is 6.98. The van der Waals surface area contributed by atoms with Crippen molar-refractivity contribution in [1.29, 1.82) is 0 Å². The highest BCUT2D eigenvalue weighted by molar-refractivity contribution is 7.09. The molecule has 0 saturated carbocycles. The maximum absolute atomic E-state index is 13.9. The van der Waals surface area contributed by atoms with Gasteiger partial charge in [-0.25, -0.2) is 28.8 Å². The van der Waals surface area contributed by atoms with Crippen molar-refractivity contribution in [2.24, 2.45) is 0 Å². The van der Waals surface area contributed by atoms with Gasteiger partial charge in [0.05, 0.1) is 16.8 Å². The minimum absolute atomic E-state index is 0.0104. The number of hydrogen-bond donors (Lipinski definition) is 3. The van der Waals surface area contributed by atoms with E-state index < -0.39 is 6.09 Å². The molecule has 5 N–H and O–H groups in total. The molecule has 0 atom stereocenters. The Morgan fingerprint density at radius 3 is 2.66 bits per heavy atom. The monoisotopic (exact) mass is 414 g/mol. The van der Waals surface area contributed by atoms with Crippen molar-refractivity contribution in [2.45, 2.75) is 6.54 Å². The molecule has 4 aromatic rings. The van der Waals surface area contributed by atoms with Gasteiger partial charge in [-0.15, -0.1) is 11.3 Å². The zero-order valence-electron chi connectivity index (χ0n) is 15.1. The van der Waals surface area contributed by atoms with Gasteiger partial charge >= 0.3 is 6.09 Å². The van der Waals surface area contributed by atoms with E-state index in [9.17, 15) is 9.18 Å². The molecule has 12 heteroatoms. The van der Waals surface area contributed by atoms with Gasteiger partial charge in [-0.2, -0.15) is 5.10 Å². The highest BCUT2D eigenvalue weighted by Gasteiger charge is 2.22.